The summed E-state index contributed by atoms with van der Waals surface area (Å²) in [5, 5.41) is 1.72. The van der Waals surface area contributed by atoms with Crippen molar-refractivity contribution in [1.29, 1.82) is 0 Å². The van der Waals surface area contributed by atoms with Crippen LogP contribution in [0.25, 0.3) is 11.0 Å². The first-order valence-corrected chi connectivity index (χ1v) is 5.94. The summed E-state index contributed by atoms with van der Waals surface area (Å²) in [5.74, 6) is 1.09. The lowest BCUT2D eigenvalue weighted by Gasteiger charge is -1.90. The van der Waals surface area contributed by atoms with E-state index in [9.17, 15) is 0 Å². The van der Waals surface area contributed by atoms with Gasteiger partial charge in [-0.2, -0.15) is 0 Å². The van der Waals surface area contributed by atoms with Crippen molar-refractivity contribution in [2.75, 3.05) is 5.75 Å². The normalized spacial score (nSPS) is 11.0. The molecular weight excluding hydrogens is 216 g/mol. The average molecular weight is 227 g/mol. The highest BCUT2D eigenvalue weighted by atomic mass is 35.5. The molecule has 0 fully saturated rings. The molecule has 0 unspecified atom stereocenters. The Bertz CT molecular complexity index is 439. The molecule has 0 saturated carbocycles. The van der Waals surface area contributed by atoms with Gasteiger partial charge in [-0.3, -0.25) is 0 Å². The number of imidazole rings is 1. The number of halogens is 1. The van der Waals surface area contributed by atoms with Gasteiger partial charge >= 0.3 is 0 Å². The Hall–Kier alpha value is -0.670. The highest BCUT2D eigenvalue weighted by Gasteiger charge is 2.02. The first-order chi connectivity index (χ1) is 6.79. The van der Waals surface area contributed by atoms with E-state index in [2.05, 4.69) is 16.9 Å². The second-order valence-corrected chi connectivity index (χ2v) is 4.57. The van der Waals surface area contributed by atoms with Crippen LogP contribution in [0.15, 0.2) is 23.4 Å². The number of hydrogen-bond donors (Lipinski definition) is 1. The average Bonchev–Trinajstić information content (AvgIpc) is 2.56. The van der Waals surface area contributed by atoms with Gasteiger partial charge in [0, 0.05) is 10.8 Å². The van der Waals surface area contributed by atoms with Crippen molar-refractivity contribution in [3.05, 3.63) is 23.2 Å². The van der Waals surface area contributed by atoms with Crippen molar-refractivity contribution in [2.24, 2.45) is 0 Å². The predicted molar refractivity (Wildman–Crippen MR) is 62.1 cm³/mol. The molecule has 1 heterocycles. The summed E-state index contributed by atoms with van der Waals surface area (Å²) in [6.07, 6.45) is 1.16. The Morgan fingerprint density at radius 1 is 1.50 bits per heavy atom. The van der Waals surface area contributed by atoms with Gasteiger partial charge < -0.3 is 4.98 Å². The van der Waals surface area contributed by atoms with Crippen LogP contribution in [0.4, 0.5) is 0 Å². The number of rotatable bonds is 3. The molecule has 0 amide bonds. The van der Waals surface area contributed by atoms with Crippen molar-refractivity contribution < 1.29 is 0 Å². The minimum Gasteiger partial charge on any atom is -0.333 e. The molecule has 1 N–H and O–H groups in total. The molecule has 0 radical (unpaired) electrons. The summed E-state index contributed by atoms with van der Waals surface area (Å²) in [4.78, 5) is 7.68. The molecule has 0 aliphatic rings. The number of hydrogen-bond acceptors (Lipinski definition) is 2. The Labute approximate surface area is 92.1 Å². The van der Waals surface area contributed by atoms with Crippen LogP contribution in [0.2, 0.25) is 5.02 Å². The fourth-order valence-corrected chi connectivity index (χ4v) is 2.14. The van der Waals surface area contributed by atoms with Gasteiger partial charge in [0.2, 0.25) is 0 Å². The largest absolute Gasteiger partial charge is 0.333 e. The van der Waals surface area contributed by atoms with E-state index in [-0.39, 0.29) is 0 Å². The fraction of sp³-hybridized carbons (Fsp3) is 0.300. The topological polar surface area (TPSA) is 28.7 Å². The highest BCUT2D eigenvalue weighted by molar-refractivity contribution is 7.99. The van der Waals surface area contributed by atoms with Crippen LogP contribution >= 0.6 is 23.4 Å². The minimum absolute atomic E-state index is 0.744. The number of nitrogens with zero attached hydrogens (tertiary/aromatic N) is 1. The second-order valence-electron chi connectivity index (χ2n) is 3.05. The van der Waals surface area contributed by atoms with E-state index >= 15 is 0 Å². The van der Waals surface area contributed by atoms with Crippen LogP contribution in [-0.2, 0) is 0 Å². The van der Waals surface area contributed by atoms with Gasteiger partial charge in [-0.25, -0.2) is 4.98 Å². The number of aromatic amines is 1. The zero-order chi connectivity index (χ0) is 9.97. The van der Waals surface area contributed by atoms with E-state index in [4.69, 9.17) is 11.6 Å². The number of H-pyrrole nitrogens is 1. The first kappa shape index (κ1) is 9.87. The van der Waals surface area contributed by atoms with Gasteiger partial charge in [0.05, 0.1) is 11.0 Å². The maximum absolute atomic E-state index is 5.88. The van der Waals surface area contributed by atoms with Crippen LogP contribution in [-0.4, -0.2) is 15.7 Å². The third kappa shape index (κ3) is 2.04. The van der Waals surface area contributed by atoms with Crippen LogP contribution in [0.3, 0.4) is 0 Å². The van der Waals surface area contributed by atoms with Crippen LogP contribution in [0.5, 0.6) is 0 Å². The molecule has 14 heavy (non-hydrogen) atoms. The Morgan fingerprint density at radius 2 is 2.36 bits per heavy atom. The van der Waals surface area contributed by atoms with Gasteiger partial charge in [-0.05, 0) is 24.6 Å². The Balaban J connectivity index is 2.32. The molecule has 0 atom stereocenters. The highest BCUT2D eigenvalue weighted by Crippen LogP contribution is 2.22. The van der Waals surface area contributed by atoms with Crippen molar-refractivity contribution in [3.63, 3.8) is 0 Å². The predicted octanol–water partition coefficient (Wildman–Crippen LogP) is 3.72. The van der Waals surface area contributed by atoms with E-state index in [0.717, 1.165) is 33.4 Å². The zero-order valence-electron chi connectivity index (χ0n) is 7.88. The van der Waals surface area contributed by atoms with Gasteiger partial charge in [-0.1, -0.05) is 30.3 Å². The molecule has 0 spiro atoms. The van der Waals surface area contributed by atoms with Crippen molar-refractivity contribution in [1.82, 2.24) is 9.97 Å². The minimum atomic E-state index is 0.744. The lowest BCUT2D eigenvalue weighted by atomic mass is 10.3. The zero-order valence-corrected chi connectivity index (χ0v) is 9.45. The second kappa shape index (κ2) is 4.24. The standard InChI is InChI=1S/C10H11ClN2S/c1-2-5-14-10-12-8-4-3-7(11)6-9(8)13-10/h3-4,6H,2,5H2,1H3,(H,12,13). The number of aromatic nitrogens is 2. The van der Waals surface area contributed by atoms with Gasteiger partial charge in [0.1, 0.15) is 0 Å². The van der Waals surface area contributed by atoms with E-state index in [0.29, 0.717) is 0 Å². The molecule has 0 aliphatic carbocycles. The Morgan fingerprint density at radius 3 is 3.14 bits per heavy atom. The molecule has 0 saturated heterocycles. The molecular formula is C10H11ClN2S. The van der Waals surface area contributed by atoms with E-state index < -0.39 is 0 Å². The van der Waals surface area contributed by atoms with Crippen molar-refractivity contribution >= 4 is 34.4 Å². The third-order valence-corrected chi connectivity index (χ3v) is 3.18. The molecule has 0 aliphatic heterocycles. The summed E-state index contributed by atoms with van der Waals surface area (Å²) in [6, 6.07) is 5.70. The molecule has 74 valence electrons. The van der Waals surface area contributed by atoms with Crippen molar-refractivity contribution in [3.8, 4) is 0 Å². The first-order valence-electron chi connectivity index (χ1n) is 4.57. The summed E-state index contributed by atoms with van der Waals surface area (Å²) in [7, 11) is 0. The maximum Gasteiger partial charge on any atom is 0.166 e. The summed E-state index contributed by atoms with van der Waals surface area (Å²) >= 11 is 7.62. The number of benzene rings is 1. The number of nitrogens with one attached hydrogen (secondary N) is 1. The monoisotopic (exact) mass is 226 g/mol. The van der Waals surface area contributed by atoms with Crippen LogP contribution in [0, 0.1) is 0 Å². The molecule has 2 rings (SSSR count). The lowest BCUT2D eigenvalue weighted by molar-refractivity contribution is 1.05. The summed E-state index contributed by atoms with van der Waals surface area (Å²) in [6.45, 7) is 2.16. The van der Waals surface area contributed by atoms with Gasteiger partial charge in [0.25, 0.3) is 0 Å². The maximum atomic E-state index is 5.88. The number of thioether (sulfide) groups is 1. The smallest absolute Gasteiger partial charge is 0.166 e. The van der Waals surface area contributed by atoms with Crippen LogP contribution in [0.1, 0.15) is 13.3 Å². The van der Waals surface area contributed by atoms with Gasteiger partial charge in [0.15, 0.2) is 5.16 Å². The van der Waals surface area contributed by atoms with E-state index in [1.807, 2.05) is 18.2 Å². The molecule has 2 nitrogen and oxygen atoms in total. The van der Waals surface area contributed by atoms with E-state index in [1.54, 1.807) is 11.8 Å². The molecule has 4 heteroatoms. The quantitative estimate of drug-likeness (QED) is 0.809. The van der Waals surface area contributed by atoms with Crippen molar-refractivity contribution in [2.45, 2.75) is 18.5 Å². The molecule has 1 aromatic carbocycles. The SMILES string of the molecule is CCCSc1nc2ccc(Cl)cc2[nH]1. The fourth-order valence-electron chi connectivity index (χ4n) is 1.23. The van der Waals surface area contributed by atoms with Gasteiger partial charge in [-0.15, -0.1) is 0 Å². The molecule has 1 aromatic heterocycles. The van der Waals surface area contributed by atoms with Crippen LogP contribution < -0.4 is 0 Å². The molecule has 2 aromatic rings. The van der Waals surface area contributed by atoms with E-state index in [1.165, 1.54) is 0 Å². The number of fused-ring (bicyclic) bond motifs is 1. The summed E-state index contributed by atoms with van der Waals surface area (Å²) in [5.41, 5.74) is 1.99. The summed E-state index contributed by atoms with van der Waals surface area (Å²) < 4.78 is 0. The third-order valence-electron chi connectivity index (χ3n) is 1.87. The Kier molecular flexibility index (Phi) is 2.99. The lowest BCUT2D eigenvalue weighted by Crippen LogP contribution is -1.76. The molecule has 0 bridgehead atoms.